The van der Waals surface area contributed by atoms with Gasteiger partial charge in [-0.25, -0.2) is 4.39 Å². The van der Waals surface area contributed by atoms with Crippen molar-refractivity contribution in [2.45, 2.75) is 17.7 Å². The monoisotopic (exact) mass is 491 g/mol. The first-order chi connectivity index (χ1) is 14.0. The highest BCUT2D eigenvalue weighted by Gasteiger charge is 2.56. The molecule has 3 amide bonds. The maximum Gasteiger partial charge on any atom is 0.257 e. The van der Waals surface area contributed by atoms with Crippen molar-refractivity contribution in [1.29, 1.82) is 0 Å². The Balaban J connectivity index is 1.80. The van der Waals surface area contributed by atoms with Gasteiger partial charge in [0, 0.05) is 12.6 Å². The number of amides is 3. The molecule has 0 aliphatic heterocycles. The fourth-order valence-electron chi connectivity index (χ4n) is 2.63. The summed E-state index contributed by atoms with van der Waals surface area (Å²) in [6.45, 7) is 1.20. The van der Waals surface area contributed by atoms with E-state index in [9.17, 15) is 18.8 Å². The first-order valence-electron chi connectivity index (χ1n) is 8.55. The van der Waals surface area contributed by atoms with Crippen LogP contribution in [0, 0.1) is 11.7 Å². The highest BCUT2D eigenvalue weighted by Crippen LogP contribution is 2.53. The van der Waals surface area contributed by atoms with E-state index >= 15 is 0 Å². The fourth-order valence-corrected chi connectivity index (χ4v) is 3.59. The molecule has 0 saturated heterocycles. The number of benzene rings is 2. The van der Waals surface area contributed by atoms with Gasteiger partial charge >= 0.3 is 0 Å². The van der Waals surface area contributed by atoms with Gasteiger partial charge in [0.15, 0.2) is 0 Å². The standard InChI is InChI=1S/C19H14Cl4FN3O3/c1-8(28)25-16-13(24)4-5-14(15(16)21)27-17(29)10-6-9(2-3-12(10)20)26-18(30)11-7-19(11,22)23/h2-6,11H,7H2,1H3,(H,25,28)(H,26,30)(H,27,29). The van der Waals surface area contributed by atoms with Gasteiger partial charge in [-0.2, -0.15) is 0 Å². The lowest BCUT2D eigenvalue weighted by atomic mass is 10.1. The van der Waals surface area contributed by atoms with Crippen LogP contribution in [0.5, 0.6) is 0 Å². The first kappa shape index (κ1) is 22.6. The number of hydrogen-bond donors (Lipinski definition) is 3. The van der Waals surface area contributed by atoms with Crippen LogP contribution in [0.15, 0.2) is 30.3 Å². The average molecular weight is 493 g/mol. The Bertz CT molecular complexity index is 1060. The summed E-state index contributed by atoms with van der Waals surface area (Å²) in [7, 11) is 0. The molecule has 2 aromatic carbocycles. The van der Waals surface area contributed by atoms with Crippen molar-refractivity contribution in [3.05, 3.63) is 51.8 Å². The molecular weight excluding hydrogens is 479 g/mol. The van der Waals surface area contributed by atoms with E-state index in [1.807, 2.05) is 0 Å². The molecule has 2 aromatic rings. The predicted octanol–water partition coefficient (Wildman–Crippen LogP) is 5.48. The van der Waals surface area contributed by atoms with Gasteiger partial charge in [-0.1, -0.05) is 23.2 Å². The maximum absolute atomic E-state index is 13.9. The van der Waals surface area contributed by atoms with Gasteiger partial charge < -0.3 is 16.0 Å². The molecule has 11 heteroatoms. The largest absolute Gasteiger partial charge is 0.326 e. The van der Waals surface area contributed by atoms with Gasteiger partial charge in [-0.15, -0.1) is 23.2 Å². The summed E-state index contributed by atoms with van der Waals surface area (Å²) in [5, 5.41) is 7.33. The summed E-state index contributed by atoms with van der Waals surface area (Å²) in [5.74, 6) is -2.87. The number of alkyl halides is 2. The zero-order chi connectivity index (χ0) is 22.2. The van der Waals surface area contributed by atoms with Crippen LogP contribution >= 0.6 is 46.4 Å². The molecule has 158 valence electrons. The fraction of sp³-hybridized carbons (Fsp3) is 0.211. The van der Waals surface area contributed by atoms with Crippen molar-refractivity contribution >= 4 is 81.2 Å². The summed E-state index contributed by atoms with van der Waals surface area (Å²) in [6, 6.07) is 6.61. The Morgan fingerprint density at radius 1 is 1.07 bits per heavy atom. The van der Waals surface area contributed by atoms with Crippen molar-refractivity contribution in [2.75, 3.05) is 16.0 Å². The minimum absolute atomic E-state index is 0.0368. The third kappa shape index (κ3) is 4.98. The molecule has 0 bridgehead atoms. The Hall–Kier alpha value is -2.06. The molecule has 0 heterocycles. The van der Waals surface area contributed by atoms with Crippen molar-refractivity contribution in [3.8, 4) is 0 Å². The smallest absolute Gasteiger partial charge is 0.257 e. The summed E-state index contributed by atoms with van der Waals surface area (Å²) in [6.07, 6.45) is 0.336. The van der Waals surface area contributed by atoms with Crippen LogP contribution in [0.4, 0.5) is 21.5 Å². The minimum Gasteiger partial charge on any atom is -0.326 e. The molecule has 1 aliphatic rings. The number of carbonyl (C=O) groups excluding carboxylic acids is 3. The molecule has 0 spiro atoms. The summed E-state index contributed by atoms with van der Waals surface area (Å²) < 4.78 is 12.8. The number of halogens is 5. The number of anilines is 3. The number of carbonyl (C=O) groups is 3. The van der Waals surface area contributed by atoms with Crippen LogP contribution in [-0.2, 0) is 9.59 Å². The van der Waals surface area contributed by atoms with Gasteiger partial charge in [0.05, 0.1) is 32.9 Å². The van der Waals surface area contributed by atoms with Crippen molar-refractivity contribution in [3.63, 3.8) is 0 Å². The number of nitrogens with one attached hydrogen (secondary N) is 3. The third-order valence-corrected chi connectivity index (χ3v) is 5.82. The Morgan fingerprint density at radius 3 is 2.33 bits per heavy atom. The number of rotatable bonds is 5. The van der Waals surface area contributed by atoms with E-state index < -0.39 is 27.9 Å². The van der Waals surface area contributed by atoms with E-state index in [1.54, 1.807) is 0 Å². The summed E-state index contributed by atoms with van der Waals surface area (Å²) in [4.78, 5) is 36.1. The SMILES string of the molecule is CC(=O)Nc1c(F)ccc(NC(=O)c2cc(NC(=O)C3CC3(Cl)Cl)ccc2Cl)c1Cl. The lowest BCUT2D eigenvalue weighted by Gasteiger charge is -2.13. The van der Waals surface area contributed by atoms with Gasteiger partial charge in [0.25, 0.3) is 5.91 Å². The van der Waals surface area contributed by atoms with E-state index in [1.165, 1.54) is 31.2 Å². The van der Waals surface area contributed by atoms with Crippen molar-refractivity contribution < 1.29 is 18.8 Å². The molecule has 3 rings (SSSR count). The summed E-state index contributed by atoms with van der Waals surface area (Å²) in [5.41, 5.74) is 0.151. The van der Waals surface area contributed by atoms with E-state index in [4.69, 9.17) is 46.4 Å². The van der Waals surface area contributed by atoms with Crippen LogP contribution in [-0.4, -0.2) is 22.1 Å². The Labute approximate surface area is 191 Å². The second kappa shape index (κ2) is 8.59. The Kier molecular flexibility index (Phi) is 6.48. The van der Waals surface area contributed by atoms with Crippen LogP contribution in [0.2, 0.25) is 10.0 Å². The zero-order valence-electron chi connectivity index (χ0n) is 15.3. The van der Waals surface area contributed by atoms with E-state index in [-0.39, 0.29) is 32.9 Å². The number of hydrogen-bond acceptors (Lipinski definition) is 3. The summed E-state index contributed by atoms with van der Waals surface area (Å²) >= 11 is 24.0. The van der Waals surface area contributed by atoms with Crippen molar-refractivity contribution in [2.24, 2.45) is 5.92 Å². The van der Waals surface area contributed by atoms with E-state index in [0.717, 1.165) is 6.07 Å². The molecule has 1 unspecified atom stereocenters. The highest BCUT2D eigenvalue weighted by atomic mass is 35.5. The normalized spacial score (nSPS) is 16.5. The molecule has 1 saturated carbocycles. The molecule has 1 atom stereocenters. The maximum atomic E-state index is 13.9. The quantitative estimate of drug-likeness (QED) is 0.483. The molecule has 30 heavy (non-hydrogen) atoms. The molecule has 6 nitrogen and oxygen atoms in total. The van der Waals surface area contributed by atoms with Crippen LogP contribution in [0.3, 0.4) is 0 Å². The van der Waals surface area contributed by atoms with E-state index in [2.05, 4.69) is 16.0 Å². The second-order valence-corrected chi connectivity index (χ2v) is 8.95. The van der Waals surface area contributed by atoms with Gasteiger partial charge in [-0.05, 0) is 36.8 Å². The molecule has 0 aromatic heterocycles. The van der Waals surface area contributed by atoms with Gasteiger partial charge in [-0.3, -0.25) is 14.4 Å². The zero-order valence-corrected chi connectivity index (χ0v) is 18.3. The lowest BCUT2D eigenvalue weighted by molar-refractivity contribution is -0.117. The third-order valence-electron chi connectivity index (χ3n) is 4.26. The van der Waals surface area contributed by atoms with Crippen LogP contribution in [0.1, 0.15) is 23.7 Å². The van der Waals surface area contributed by atoms with Crippen molar-refractivity contribution in [1.82, 2.24) is 0 Å². The lowest BCUT2D eigenvalue weighted by Crippen LogP contribution is -2.18. The van der Waals surface area contributed by atoms with Crippen LogP contribution < -0.4 is 16.0 Å². The Morgan fingerprint density at radius 2 is 1.73 bits per heavy atom. The molecule has 1 aliphatic carbocycles. The first-order valence-corrected chi connectivity index (χ1v) is 10.1. The van der Waals surface area contributed by atoms with Gasteiger partial charge in [0.1, 0.15) is 10.2 Å². The van der Waals surface area contributed by atoms with Crippen LogP contribution in [0.25, 0.3) is 0 Å². The molecule has 3 N–H and O–H groups in total. The highest BCUT2D eigenvalue weighted by molar-refractivity contribution is 6.52. The topological polar surface area (TPSA) is 87.3 Å². The minimum atomic E-state index is -1.08. The molecule has 1 fully saturated rings. The molecular formula is C19H14Cl4FN3O3. The molecule has 0 radical (unpaired) electrons. The van der Waals surface area contributed by atoms with Gasteiger partial charge in [0.2, 0.25) is 11.8 Å². The predicted molar refractivity (Wildman–Crippen MR) is 116 cm³/mol. The second-order valence-electron chi connectivity index (χ2n) is 6.62. The van der Waals surface area contributed by atoms with E-state index in [0.29, 0.717) is 12.1 Å². The average Bonchev–Trinajstić information content (AvgIpc) is 3.31.